The Kier molecular flexibility index (Phi) is 5.32. The molecular weight excluding hydrogens is 392 g/mol. The molecule has 0 aliphatic carbocycles. The molecule has 3 N–H and O–H groups in total. The maximum Gasteiger partial charge on any atom is 0.336 e. The maximum absolute atomic E-state index is 12.5. The predicted octanol–water partition coefficient (Wildman–Crippen LogP) is 3.15. The Hall–Kier alpha value is -2.29. The summed E-state index contributed by atoms with van der Waals surface area (Å²) in [5, 5.41) is 13.0. The molecule has 144 valence electrons. The summed E-state index contributed by atoms with van der Waals surface area (Å²) in [6, 6.07) is 7.84. The summed E-state index contributed by atoms with van der Waals surface area (Å²) in [4.78, 5) is 11.3. The highest BCUT2D eigenvalue weighted by molar-refractivity contribution is 7.89. The maximum atomic E-state index is 12.5. The van der Waals surface area contributed by atoms with Crippen LogP contribution in [-0.4, -0.2) is 32.3 Å². The van der Waals surface area contributed by atoms with Crippen LogP contribution in [0, 0.1) is 13.8 Å². The smallest absolute Gasteiger partial charge is 0.336 e. The van der Waals surface area contributed by atoms with Gasteiger partial charge in [0.25, 0.3) is 0 Å². The standard InChI is InChI=1S/C18H19ClN2O5S/c1-10-7-13(9-14(11(10)2)18(22)23)27(24,25)20-6-5-17-21-15-8-12(19)3-4-16(15)26-17/h3-4,7-9,17,20-21H,5-6H2,1-2H3,(H,22,23). The second-order valence-corrected chi connectivity index (χ2v) is 8.50. The van der Waals surface area contributed by atoms with Crippen molar-refractivity contribution in [3.63, 3.8) is 0 Å². The third-order valence-corrected chi connectivity index (χ3v) is 6.08. The van der Waals surface area contributed by atoms with Gasteiger partial charge in [-0.05, 0) is 55.3 Å². The lowest BCUT2D eigenvalue weighted by molar-refractivity contribution is 0.0695. The molecule has 1 unspecified atom stereocenters. The summed E-state index contributed by atoms with van der Waals surface area (Å²) >= 11 is 5.93. The van der Waals surface area contributed by atoms with Gasteiger partial charge in [0, 0.05) is 18.0 Å². The van der Waals surface area contributed by atoms with E-state index in [4.69, 9.17) is 16.3 Å². The highest BCUT2D eigenvalue weighted by Gasteiger charge is 2.23. The first-order valence-electron chi connectivity index (χ1n) is 8.24. The third-order valence-electron chi connectivity index (χ3n) is 4.41. The SMILES string of the molecule is Cc1cc(S(=O)(=O)NCCC2Nc3cc(Cl)ccc3O2)cc(C(=O)O)c1C. The molecule has 2 aromatic rings. The monoisotopic (exact) mass is 410 g/mol. The van der Waals surface area contributed by atoms with E-state index < -0.39 is 16.0 Å². The number of carboxylic acid groups (broad SMARTS) is 1. The normalized spacial score (nSPS) is 15.7. The van der Waals surface area contributed by atoms with Crippen molar-refractivity contribution < 1.29 is 23.1 Å². The topological polar surface area (TPSA) is 105 Å². The average Bonchev–Trinajstić information content (AvgIpc) is 2.98. The molecular formula is C18H19ClN2O5S. The Morgan fingerprint density at radius 2 is 2.04 bits per heavy atom. The van der Waals surface area contributed by atoms with Crippen molar-refractivity contribution in [2.45, 2.75) is 31.4 Å². The van der Waals surface area contributed by atoms with E-state index in [1.165, 1.54) is 12.1 Å². The van der Waals surface area contributed by atoms with Crippen LogP contribution in [0.4, 0.5) is 5.69 Å². The van der Waals surface area contributed by atoms with Crippen molar-refractivity contribution in [2.24, 2.45) is 0 Å². The summed E-state index contributed by atoms with van der Waals surface area (Å²) in [6.45, 7) is 3.45. The van der Waals surface area contributed by atoms with E-state index in [-0.39, 0.29) is 23.2 Å². The van der Waals surface area contributed by atoms with Gasteiger partial charge >= 0.3 is 5.97 Å². The van der Waals surface area contributed by atoms with Crippen LogP contribution in [0.1, 0.15) is 27.9 Å². The average molecular weight is 411 g/mol. The molecule has 0 saturated carbocycles. The van der Waals surface area contributed by atoms with Crippen LogP contribution in [-0.2, 0) is 10.0 Å². The van der Waals surface area contributed by atoms with Gasteiger partial charge in [0.15, 0.2) is 6.23 Å². The van der Waals surface area contributed by atoms with E-state index in [2.05, 4.69) is 10.0 Å². The Morgan fingerprint density at radius 3 is 2.74 bits per heavy atom. The number of aromatic carboxylic acids is 1. The number of benzene rings is 2. The Labute approximate surface area is 162 Å². The molecule has 0 aromatic heterocycles. The number of carboxylic acids is 1. The van der Waals surface area contributed by atoms with Gasteiger partial charge in [-0.1, -0.05) is 11.6 Å². The zero-order valence-electron chi connectivity index (χ0n) is 14.7. The molecule has 1 aliphatic heterocycles. The summed E-state index contributed by atoms with van der Waals surface area (Å²) in [5.41, 5.74) is 1.88. The van der Waals surface area contributed by atoms with Gasteiger partial charge in [-0.3, -0.25) is 0 Å². The lowest BCUT2D eigenvalue weighted by atomic mass is 10.0. The van der Waals surface area contributed by atoms with E-state index in [1.54, 1.807) is 32.0 Å². The zero-order chi connectivity index (χ0) is 19.8. The van der Waals surface area contributed by atoms with Gasteiger partial charge in [-0.25, -0.2) is 17.9 Å². The second kappa shape index (κ2) is 7.38. The van der Waals surface area contributed by atoms with Gasteiger partial charge in [-0.2, -0.15) is 0 Å². The molecule has 0 radical (unpaired) electrons. The Morgan fingerprint density at radius 1 is 1.30 bits per heavy atom. The van der Waals surface area contributed by atoms with E-state index in [0.717, 1.165) is 5.69 Å². The van der Waals surface area contributed by atoms with Gasteiger partial charge in [-0.15, -0.1) is 0 Å². The van der Waals surface area contributed by atoms with Crippen LogP contribution < -0.4 is 14.8 Å². The number of anilines is 1. The summed E-state index contributed by atoms with van der Waals surface area (Å²) in [6.07, 6.45) is -0.00202. The van der Waals surface area contributed by atoms with Gasteiger partial charge < -0.3 is 15.2 Å². The van der Waals surface area contributed by atoms with E-state index >= 15 is 0 Å². The number of sulfonamides is 1. The minimum Gasteiger partial charge on any atom is -0.478 e. The minimum atomic E-state index is -3.84. The number of halogens is 1. The molecule has 0 fully saturated rings. The van der Waals surface area contributed by atoms with Crippen LogP contribution in [0.5, 0.6) is 5.75 Å². The van der Waals surface area contributed by atoms with Crippen LogP contribution in [0.25, 0.3) is 0 Å². The molecule has 27 heavy (non-hydrogen) atoms. The molecule has 0 amide bonds. The van der Waals surface area contributed by atoms with E-state index in [0.29, 0.717) is 28.3 Å². The molecule has 1 aliphatic rings. The first kappa shape index (κ1) is 19.5. The Bertz CT molecular complexity index is 1010. The first-order valence-corrected chi connectivity index (χ1v) is 10.1. The fraction of sp³-hybridized carbons (Fsp3) is 0.278. The van der Waals surface area contributed by atoms with Crippen molar-refractivity contribution in [1.29, 1.82) is 0 Å². The summed E-state index contributed by atoms with van der Waals surface area (Å²) < 4.78 is 33.2. The number of ether oxygens (including phenoxy) is 1. The fourth-order valence-electron chi connectivity index (χ4n) is 2.82. The molecule has 9 heteroatoms. The highest BCUT2D eigenvalue weighted by Crippen LogP contribution is 2.34. The zero-order valence-corrected chi connectivity index (χ0v) is 16.3. The minimum absolute atomic E-state index is 0.0245. The van der Waals surface area contributed by atoms with Crippen LogP contribution in [0.2, 0.25) is 5.02 Å². The molecule has 2 aromatic carbocycles. The quantitative estimate of drug-likeness (QED) is 0.675. The van der Waals surface area contributed by atoms with Crippen LogP contribution in [0.15, 0.2) is 35.2 Å². The fourth-order valence-corrected chi connectivity index (χ4v) is 4.15. The lowest BCUT2D eigenvalue weighted by Crippen LogP contribution is -2.30. The number of carbonyl (C=O) groups is 1. The summed E-state index contributed by atoms with van der Waals surface area (Å²) in [5.74, 6) is -0.500. The molecule has 7 nitrogen and oxygen atoms in total. The van der Waals surface area contributed by atoms with Crippen molar-refractivity contribution >= 4 is 33.3 Å². The Balaban J connectivity index is 1.65. The number of fused-ring (bicyclic) bond motifs is 1. The second-order valence-electron chi connectivity index (χ2n) is 6.30. The molecule has 1 heterocycles. The van der Waals surface area contributed by atoms with Gasteiger partial charge in [0.1, 0.15) is 5.75 Å². The van der Waals surface area contributed by atoms with Crippen LogP contribution >= 0.6 is 11.6 Å². The molecule has 0 bridgehead atoms. The van der Waals surface area contributed by atoms with Gasteiger partial charge in [0.2, 0.25) is 10.0 Å². The van der Waals surface area contributed by atoms with Crippen molar-refractivity contribution in [2.75, 3.05) is 11.9 Å². The number of hydrogen-bond acceptors (Lipinski definition) is 5. The van der Waals surface area contributed by atoms with Crippen molar-refractivity contribution in [3.8, 4) is 5.75 Å². The molecule has 0 saturated heterocycles. The van der Waals surface area contributed by atoms with E-state index in [9.17, 15) is 18.3 Å². The van der Waals surface area contributed by atoms with E-state index in [1.807, 2.05) is 0 Å². The van der Waals surface area contributed by atoms with Gasteiger partial charge in [0.05, 0.1) is 16.1 Å². The molecule has 1 atom stereocenters. The molecule has 0 spiro atoms. The number of hydrogen-bond donors (Lipinski definition) is 3. The number of aryl methyl sites for hydroxylation is 1. The molecule has 3 rings (SSSR count). The highest BCUT2D eigenvalue weighted by atomic mass is 35.5. The van der Waals surface area contributed by atoms with Crippen molar-refractivity contribution in [1.82, 2.24) is 4.72 Å². The largest absolute Gasteiger partial charge is 0.478 e. The van der Waals surface area contributed by atoms with Crippen LogP contribution in [0.3, 0.4) is 0 Å². The number of rotatable bonds is 6. The number of nitrogens with one attached hydrogen (secondary N) is 2. The van der Waals surface area contributed by atoms with Crippen molar-refractivity contribution in [3.05, 3.63) is 52.0 Å². The predicted molar refractivity (Wildman–Crippen MR) is 102 cm³/mol. The lowest BCUT2D eigenvalue weighted by Gasteiger charge is -2.13. The first-order chi connectivity index (χ1) is 12.7. The summed E-state index contributed by atoms with van der Waals surface area (Å²) in [7, 11) is -3.84. The third kappa shape index (κ3) is 4.18.